The smallest absolute Gasteiger partial charge is 0.229 e. The van der Waals surface area contributed by atoms with Crippen molar-refractivity contribution in [3.05, 3.63) is 28.2 Å². The van der Waals surface area contributed by atoms with Gasteiger partial charge in [-0.05, 0) is 18.6 Å². The van der Waals surface area contributed by atoms with Gasteiger partial charge in [-0.15, -0.1) is 0 Å². The van der Waals surface area contributed by atoms with Gasteiger partial charge in [0.05, 0.1) is 21.6 Å². The summed E-state index contributed by atoms with van der Waals surface area (Å²) < 4.78 is 49.9. The van der Waals surface area contributed by atoms with Crippen LogP contribution in [0, 0.1) is 0 Å². The zero-order valence-corrected chi connectivity index (χ0v) is 14.4. The highest BCUT2D eigenvalue weighted by Crippen LogP contribution is 2.33. The van der Waals surface area contributed by atoms with Gasteiger partial charge in [0, 0.05) is 12.6 Å². The highest BCUT2D eigenvalue weighted by atomic mass is 35.5. The van der Waals surface area contributed by atoms with Crippen LogP contribution < -0.4 is 0 Å². The zero-order valence-electron chi connectivity index (χ0n) is 11.3. The summed E-state index contributed by atoms with van der Waals surface area (Å²) in [7, 11) is -7.13. The SMILES string of the molecule is CCN([C@@H]1CCS(=O)(=O)C1)S(=O)(=O)c1c(Cl)cccc1Cl. The van der Waals surface area contributed by atoms with Crippen LogP contribution in [0.4, 0.5) is 0 Å². The minimum absolute atomic E-state index is 0.0000589. The average molecular weight is 372 g/mol. The number of halogens is 2. The molecule has 0 unspecified atom stereocenters. The summed E-state index contributed by atoms with van der Waals surface area (Å²) in [6, 6.07) is 3.87. The molecule has 0 radical (unpaired) electrons. The Morgan fingerprint density at radius 2 is 1.86 bits per heavy atom. The zero-order chi connectivity index (χ0) is 15.8. The van der Waals surface area contributed by atoms with E-state index in [1.807, 2.05) is 0 Å². The van der Waals surface area contributed by atoms with Crippen molar-refractivity contribution < 1.29 is 16.8 Å². The summed E-state index contributed by atoms with van der Waals surface area (Å²) in [4.78, 5) is -0.167. The molecular weight excluding hydrogens is 357 g/mol. The van der Waals surface area contributed by atoms with E-state index < -0.39 is 25.9 Å². The molecule has 118 valence electrons. The molecule has 1 heterocycles. The Kier molecular flexibility index (Phi) is 4.90. The van der Waals surface area contributed by atoms with Crippen LogP contribution in [0.2, 0.25) is 10.0 Å². The second kappa shape index (κ2) is 6.04. The lowest BCUT2D eigenvalue weighted by molar-refractivity contribution is 0.354. The van der Waals surface area contributed by atoms with E-state index in [0.717, 1.165) is 0 Å². The number of sulfone groups is 1. The topological polar surface area (TPSA) is 71.5 Å². The summed E-state index contributed by atoms with van der Waals surface area (Å²) >= 11 is 11.9. The summed E-state index contributed by atoms with van der Waals surface area (Å²) in [5.74, 6) is -0.165. The standard InChI is InChI=1S/C12H15Cl2NO4S2/c1-2-15(9-6-7-20(16,17)8-9)21(18,19)12-10(13)4-3-5-11(12)14/h3-5,9H,2,6-8H2,1H3/t9-/m1/s1. The van der Waals surface area contributed by atoms with E-state index in [1.165, 1.54) is 16.4 Å². The summed E-state index contributed by atoms with van der Waals surface area (Å²) in [6.45, 7) is 1.82. The first kappa shape index (κ1) is 17.0. The molecule has 0 aromatic heterocycles. The van der Waals surface area contributed by atoms with Crippen LogP contribution in [0.3, 0.4) is 0 Å². The normalized spacial score (nSPS) is 21.8. The molecule has 1 aromatic carbocycles. The van der Waals surface area contributed by atoms with E-state index in [2.05, 4.69) is 0 Å². The van der Waals surface area contributed by atoms with Crippen molar-refractivity contribution in [2.45, 2.75) is 24.3 Å². The third kappa shape index (κ3) is 3.37. The highest BCUT2D eigenvalue weighted by molar-refractivity contribution is 7.92. The van der Waals surface area contributed by atoms with Crippen LogP contribution in [0.25, 0.3) is 0 Å². The van der Waals surface area contributed by atoms with E-state index in [4.69, 9.17) is 23.2 Å². The first-order chi connectivity index (χ1) is 9.69. The largest absolute Gasteiger partial charge is 0.246 e. The molecule has 21 heavy (non-hydrogen) atoms. The highest BCUT2D eigenvalue weighted by Gasteiger charge is 2.39. The molecule has 0 bridgehead atoms. The molecule has 0 saturated carbocycles. The van der Waals surface area contributed by atoms with E-state index in [0.29, 0.717) is 0 Å². The van der Waals surface area contributed by atoms with Crippen molar-refractivity contribution in [2.24, 2.45) is 0 Å². The van der Waals surface area contributed by atoms with Gasteiger partial charge in [-0.25, -0.2) is 16.8 Å². The Labute approximate surface area is 134 Å². The quantitative estimate of drug-likeness (QED) is 0.812. The van der Waals surface area contributed by atoms with Crippen LogP contribution >= 0.6 is 23.2 Å². The number of hydrogen-bond acceptors (Lipinski definition) is 4. The van der Waals surface area contributed by atoms with Gasteiger partial charge in [0.2, 0.25) is 10.0 Å². The number of benzene rings is 1. The van der Waals surface area contributed by atoms with E-state index in [-0.39, 0.29) is 39.4 Å². The molecule has 9 heteroatoms. The maximum absolute atomic E-state index is 12.8. The molecule has 0 amide bonds. The maximum atomic E-state index is 12.8. The molecule has 1 aromatic rings. The van der Waals surface area contributed by atoms with Gasteiger partial charge in [-0.1, -0.05) is 36.2 Å². The lowest BCUT2D eigenvalue weighted by Gasteiger charge is -2.26. The molecule has 2 rings (SSSR count). The van der Waals surface area contributed by atoms with Crippen molar-refractivity contribution in [3.63, 3.8) is 0 Å². The molecule has 1 saturated heterocycles. The lowest BCUT2D eigenvalue weighted by Crippen LogP contribution is -2.41. The predicted octanol–water partition coefficient (Wildman–Crippen LogP) is 2.19. The fourth-order valence-corrected chi connectivity index (χ4v) is 7.06. The van der Waals surface area contributed by atoms with Crippen molar-refractivity contribution in [1.29, 1.82) is 0 Å². The van der Waals surface area contributed by atoms with Crippen LogP contribution in [0.1, 0.15) is 13.3 Å². The van der Waals surface area contributed by atoms with Gasteiger partial charge in [0.15, 0.2) is 9.84 Å². The Morgan fingerprint density at radius 3 is 2.29 bits per heavy atom. The van der Waals surface area contributed by atoms with E-state index >= 15 is 0 Å². The summed E-state index contributed by atoms with van der Waals surface area (Å²) in [5.41, 5.74) is 0. The Bertz CT molecular complexity index is 726. The van der Waals surface area contributed by atoms with Crippen LogP contribution in [0.15, 0.2) is 23.1 Å². The first-order valence-corrected chi connectivity index (χ1v) is 10.4. The molecule has 0 N–H and O–H groups in total. The van der Waals surface area contributed by atoms with Crippen LogP contribution in [-0.2, 0) is 19.9 Å². The number of rotatable bonds is 4. The van der Waals surface area contributed by atoms with Crippen LogP contribution in [-0.4, -0.2) is 45.2 Å². The second-order valence-electron chi connectivity index (χ2n) is 4.82. The number of nitrogens with zero attached hydrogens (tertiary/aromatic N) is 1. The van der Waals surface area contributed by atoms with Crippen molar-refractivity contribution in [2.75, 3.05) is 18.1 Å². The second-order valence-corrected chi connectivity index (χ2v) is 9.69. The predicted molar refractivity (Wildman–Crippen MR) is 83.1 cm³/mol. The van der Waals surface area contributed by atoms with Gasteiger partial charge in [0.1, 0.15) is 4.90 Å². The number of hydrogen-bond donors (Lipinski definition) is 0. The lowest BCUT2D eigenvalue weighted by atomic mass is 10.3. The fraction of sp³-hybridized carbons (Fsp3) is 0.500. The maximum Gasteiger partial charge on any atom is 0.246 e. The first-order valence-electron chi connectivity index (χ1n) is 6.35. The third-order valence-corrected chi connectivity index (χ3v) is 8.15. The van der Waals surface area contributed by atoms with Crippen molar-refractivity contribution in [3.8, 4) is 0 Å². The van der Waals surface area contributed by atoms with Crippen molar-refractivity contribution in [1.82, 2.24) is 4.31 Å². The molecule has 1 aliphatic rings. The van der Waals surface area contributed by atoms with Gasteiger partial charge >= 0.3 is 0 Å². The average Bonchev–Trinajstić information content (AvgIpc) is 2.69. The molecule has 1 fully saturated rings. The van der Waals surface area contributed by atoms with E-state index in [9.17, 15) is 16.8 Å². The molecule has 1 aliphatic heterocycles. The molecular formula is C12H15Cl2NO4S2. The third-order valence-electron chi connectivity index (χ3n) is 3.41. The minimum Gasteiger partial charge on any atom is -0.229 e. The molecule has 1 atom stereocenters. The van der Waals surface area contributed by atoms with Gasteiger partial charge in [-0.2, -0.15) is 4.31 Å². The number of sulfonamides is 1. The molecule has 5 nitrogen and oxygen atoms in total. The van der Waals surface area contributed by atoms with E-state index in [1.54, 1.807) is 13.0 Å². The summed E-state index contributed by atoms with van der Waals surface area (Å²) in [5, 5.41) is 0.0589. The van der Waals surface area contributed by atoms with Gasteiger partial charge in [-0.3, -0.25) is 0 Å². The monoisotopic (exact) mass is 371 g/mol. The molecule has 0 spiro atoms. The molecule has 0 aliphatic carbocycles. The Balaban J connectivity index is 2.46. The van der Waals surface area contributed by atoms with Gasteiger partial charge in [0.25, 0.3) is 0 Å². The summed E-state index contributed by atoms with van der Waals surface area (Å²) in [6.07, 6.45) is 0.289. The van der Waals surface area contributed by atoms with Gasteiger partial charge < -0.3 is 0 Å². The van der Waals surface area contributed by atoms with Crippen molar-refractivity contribution >= 4 is 43.1 Å². The minimum atomic E-state index is -3.94. The Hall–Kier alpha value is -0.340. The Morgan fingerprint density at radius 1 is 1.29 bits per heavy atom. The fourth-order valence-electron chi connectivity index (χ4n) is 2.47. The van der Waals surface area contributed by atoms with Crippen LogP contribution in [0.5, 0.6) is 0 Å².